The number of carbonyl (C=O) groups is 1. The van der Waals surface area contributed by atoms with Crippen LogP contribution in [0.5, 0.6) is 0 Å². The van der Waals surface area contributed by atoms with Crippen LogP contribution in [0.2, 0.25) is 0 Å². The number of rotatable bonds is 10. The average molecular weight is 449 g/mol. The molecule has 0 aliphatic rings. The van der Waals surface area contributed by atoms with Crippen molar-refractivity contribution in [3.8, 4) is 11.1 Å². The Bertz CT molecular complexity index is 1030. The van der Waals surface area contributed by atoms with Gasteiger partial charge in [0.25, 0.3) is 5.69 Å². The van der Waals surface area contributed by atoms with E-state index >= 15 is 0 Å². The minimum atomic E-state index is -3.33. The monoisotopic (exact) mass is 448 g/mol. The summed E-state index contributed by atoms with van der Waals surface area (Å²) in [5.74, 6) is -0.548. The number of nitrogens with zero attached hydrogens (tertiary/aromatic N) is 1. The van der Waals surface area contributed by atoms with Crippen molar-refractivity contribution in [2.24, 2.45) is 0 Å². The third-order valence-electron chi connectivity index (χ3n) is 4.95. The predicted octanol–water partition coefficient (Wildman–Crippen LogP) is 3.80. The van der Waals surface area contributed by atoms with Crippen molar-refractivity contribution >= 4 is 21.7 Å². The summed E-state index contributed by atoms with van der Waals surface area (Å²) in [5.41, 5.74) is 2.55. The number of hydrogen-bond donors (Lipinski definition) is 1. The summed E-state index contributed by atoms with van der Waals surface area (Å²) in [6.07, 6.45) is -0.160. The maximum absolute atomic E-state index is 11.9. The van der Waals surface area contributed by atoms with E-state index in [1.807, 2.05) is 31.2 Å². The Kier molecular flexibility index (Phi) is 8.29. The number of ether oxygens (including phenoxy) is 1. The first-order valence-electron chi connectivity index (χ1n) is 10.1. The third-order valence-corrected chi connectivity index (χ3v) is 6.76. The van der Waals surface area contributed by atoms with Crippen LogP contribution < -0.4 is 4.72 Å². The van der Waals surface area contributed by atoms with Crippen molar-refractivity contribution in [2.75, 3.05) is 13.2 Å². The van der Waals surface area contributed by atoms with E-state index < -0.39 is 26.2 Å². The molecule has 2 aromatic rings. The zero-order valence-corrected chi connectivity index (χ0v) is 18.9. The van der Waals surface area contributed by atoms with Crippen LogP contribution in [-0.2, 0) is 26.0 Å². The smallest absolute Gasteiger partial charge is 0.310 e. The third kappa shape index (κ3) is 6.60. The molecule has 1 unspecified atom stereocenters. The van der Waals surface area contributed by atoms with E-state index in [-0.39, 0.29) is 31.2 Å². The van der Waals surface area contributed by atoms with E-state index in [2.05, 4.69) is 4.72 Å². The van der Waals surface area contributed by atoms with E-state index in [4.69, 9.17) is 4.74 Å². The van der Waals surface area contributed by atoms with Crippen LogP contribution in [0.25, 0.3) is 11.1 Å². The van der Waals surface area contributed by atoms with Crippen LogP contribution in [0.1, 0.15) is 44.7 Å². The fourth-order valence-electron chi connectivity index (χ4n) is 2.96. The molecule has 0 fully saturated rings. The topological polar surface area (TPSA) is 116 Å². The van der Waals surface area contributed by atoms with Crippen LogP contribution in [0.4, 0.5) is 5.69 Å². The molecular weight excluding hydrogens is 420 g/mol. The molecule has 9 heteroatoms. The van der Waals surface area contributed by atoms with Crippen LogP contribution in [-0.4, -0.2) is 37.7 Å². The van der Waals surface area contributed by atoms with Crippen molar-refractivity contribution in [1.29, 1.82) is 0 Å². The summed E-state index contributed by atoms with van der Waals surface area (Å²) >= 11 is 0. The SMILES string of the molecule is CCOC(=O)Cc1ccc(-c2ccc(C(C)CNS(=O)(=O)C(C)C)cc2)cc1[N+](=O)[O-]. The molecule has 0 aromatic heterocycles. The number of benzene rings is 2. The molecule has 0 radical (unpaired) electrons. The van der Waals surface area contributed by atoms with Crippen LogP contribution in [0.15, 0.2) is 42.5 Å². The highest BCUT2D eigenvalue weighted by Crippen LogP contribution is 2.29. The van der Waals surface area contributed by atoms with E-state index in [1.165, 1.54) is 6.07 Å². The first kappa shape index (κ1) is 24.5. The summed E-state index contributed by atoms with van der Waals surface area (Å²) in [4.78, 5) is 22.7. The van der Waals surface area contributed by atoms with Gasteiger partial charge in [0.15, 0.2) is 0 Å². The Hall–Kier alpha value is -2.78. The number of hydrogen-bond acceptors (Lipinski definition) is 6. The lowest BCUT2D eigenvalue weighted by Gasteiger charge is -2.15. The number of nitro benzene ring substituents is 1. The lowest BCUT2D eigenvalue weighted by atomic mass is 9.96. The molecule has 0 aliphatic carbocycles. The number of esters is 1. The summed E-state index contributed by atoms with van der Waals surface area (Å²) in [5, 5.41) is 11.0. The molecule has 1 atom stereocenters. The van der Waals surface area contributed by atoms with Crippen molar-refractivity contribution in [2.45, 2.75) is 45.3 Å². The summed E-state index contributed by atoms with van der Waals surface area (Å²) in [6, 6.07) is 12.2. The Labute approximate surface area is 182 Å². The number of sulfonamides is 1. The second-order valence-electron chi connectivity index (χ2n) is 7.55. The van der Waals surface area contributed by atoms with Gasteiger partial charge < -0.3 is 4.74 Å². The molecule has 1 N–H and O–H groups in total. The maximum atomic E-state index is 11.9. The first-order valence-corrected chi connectivity index (χ1v) is 11.6. The van der Waals surface area contributed by atoms with Gasteiger partial charge in [0, 0.05) is 18.2 Å². The molecule has 0 saturated carbocycles. The maximum Gasteiger partial charge on any atom is 0.310 e. The van der Waals surface area contributed by atoms with Gasteiger partial charge in [-0.1, -0.05) is 43.3 Å². The van der Waals surface area contributed by atoms with Gasteiger partial charge in [-0.25, -0.2) is 13.1 Å². The Morgan fingerprint density at radius 2 is 1.71 bits per heavy atom. The highest BCUT2D eigenvalue weighted by atomic mass is 32.2. The largest absolute Gasteiger partial charge is 0.466 e. The Morgan fingerprint density at radius 3 is 2.26 bits per heavy atom. The average Bonchev–Trinajstić information content (AvgIpc) is 2.72. The second-order valence-corrected chi connectivity index (χ2v) is 9.87. The second kappa shape index (κ2) is 10.5. The molecule has 31 heavy (non-hydrogen) atoms. The normalized spacial score (nSPS) is 12.5. The van der Waals surface area contributed by atoms with Gasteiger partial charge in [-0.2, -0.15) is 0 Å². The molecule has 0 amide bonds. The van der Waals surface area contributed by atoms with Gasteiger partial charge in [-0.3, -0.25) is 14.9 Å². The minimum absolute atomic E-state index is 0.0381. The molecule has 0 spiro atoms. The lowest BCUT2D eigenvalue weighted by Crippen LogP contribution is -2.33. The summed E-state index contributed by atoms with van der Waals surface area (Å²) in [7, 11) is -3.33. The standard InChI is InChI=1S/C22H28N2O6S/c1-5-30-22(25)13-20-11-10-19(12-21(20)24(26)27)18-8-6-17(7-9-18)16(4)14-23-31(28,29)15(2)3/h6-12,15-16,23H,5,13-14H2,1-4H3. The predicted molar refractivity (Wildman–Crippen MR) is 119 cm³/mol. The molecule has 168 valence electrons. The molecule has 0 heterocycles. The zero-order chi connectivity index (χ0) is 23.2. The molecule has 0 bridgehead atoms. The van der Waals surface area contributed by atoms with Gasteiger partial charge in [0.2, 0.25) is 10.0 Å². The number of nitro groups is 1. The van der Waals surface area contributed by atoms with Crippen LogP contribution in [0, 0.1) is 10.1 Å². The molecule has 0 saturated heterocycles. The van der Waals surface area contributed by atoms with Gasteiger partial charge >= 0.3 is 5.97 Å². The van der Waals surface area contributed by atoms with Gasteiger partial charge in [-0.15, -0.1) is 0 Å². The lowest BCUT2D eigenvalue weighted by molar-refractivity contribution is -0.385. The van der Waals surface area contributed by atoms with E-state index in [1.54, 1.807) is 32.9 Å². The fraction of sp³-hybridized carbons (Fsp3) is 0.409. The van der Waals surface area contributed by atoms with Gasteiger partial charge in [0.05, 0.1) is 23.2 Å². The quantitative estimate of drug-likeness (QED) is 0.336. The van der Waals surface area contributed by atoms with Crippen molar-refractivity contribution < 1.29 is 22.9 Å². The summed E-state index contributed by atoms with van der Waals surface area (Å²) < 4.78 is 31.3. The van der Waals surface area contributed by atoms with Crippen molar-refractivity contribution in [3.63, 3.8) is 0 Å². The minimum Gasteiger partial charge on any atom is -0.466 e. The number of nitrogens with one attached hydrogen (secondary N) is 1. The Balaban J connectivity index is 2.19. The van der Waals surface area contributed by atoms with E-state index in [0.717, 1.165) is 11.1 Å². The van der Waals surface area contributed by atoms with E-state index in [0.29, 0.717) is 11.1 Å². The molecular formula is C22H28N2O6S. The Morgan fingerprint density at radius 1 is 1.10 bits per heavy atom. The molecule has 8 nitrogen and oxygen atoms in total. The van der Waals surface area contributed by atoms with Gasteiger partial charge in [0.1, 0.15) is 0 Å². The molecule has 0 aliphatic heterocycles. The summed E-state index contributed by atoms with van der Waals surface area (Å²) in [6.45, 7) is 7.35. The molecule has 2 rings (SSSR count). The highest BCUT2D eigenvalue weighted by molar-refractivity contribution is 7.90. The van der Waals surface area contributed by atoms with Gasteiger partial charge in [-0.05, 0) is 43.4 Å². The zero-order valence-electron chi connectivity index (χ0n) is 18.1. The van der Waals surface area contributed by atoms with Crippen molar-refractivity contribution in [1.82, 2.24) is 4.72 Å². The highest BCUT2D eigenvalue weighted by Gasteiger charge is 2.19. The number of carbonyl (C=O) groups excluding carboxylic acids is 1. The fourth-order valence-corrected chi connectivity index (χ4v) is 3.78. The van der Waals surface area contributed by atoms with Crippen LogP contribution in [0.3, 0.4) is 0 Å². The van der Waals surface area contributed by atoms with E-state index in [9.17, 15) is 23.3 Å². The van der Waals surface area contributed by atoms with Crippen LogP contribution >= 0.6 is 0 Å². The molecule has 2 aromatic carbocycles. The first-order chi connectivity index (χ1) is 14.5. The van der Waals surface area contributed by atoms with Crippen molar-refractivity contribution in [3.05, 3.63) is 63.7 Å².